The molecule has 5 heterocycles. The van der Waals surface area contributed by atoms with Gasteiger partial charge in [-0.15, -0.1) is 0 Å². The molecule has 10 nitrogen and oxygen atoms in total. The molecule has 0 atom stereocenters. The summed E-state index contributed by atoms with van der Waals surface area (Å²) < 4.78 is 12.9. The van der Waals surface area contributed by atoms with Crippen LogP contribution < -0.4 is 5.46 Å². The molecule has 0 radical (unpaired) electrons. The van der Waals surface area contributed by atoms with E-state index in [2.05, 4.69) is 160 Å². The highest BCUT2D eigenvalue weighted by Gasteiger charge is 2.54. The summed E-state index contributed by atoms with van der Waals surface area (Å²) in [5.41, 5.74) is 17.6. The quantitative estimate of drug-likeness (QED) is 0.109. The molecule has 12 aromatic rings. The van der Waals surface area contributed by atoms with Crippen molar-refractivity contribution in [3.8, 4) is 102 Å². The summed E-state index contributed by atoms with van der Waals surface area (Å²) in [6.07, 6.45) is 25.0. The van der Waals surface area contributed by atoms with E-state index in [1.54, 1.807) is 36.6 Å². The second kappa shape index (κ2) is 27.1. The van der Waals surface area contributed by atoms with Gasteiger partial charge in [-0.05, 0) is 239 Å². The van der Waals surface area contributed by atoms with E-state index in [0.29, 0.717) is 45.8 Å². The van der Waals surface area contributed by atoms with Crippen LogP contribution in [0.5, 0.6) is 0 Å². The monoisotopic (exact) mass is 1330 g/mol. The molecule has 8 aromatic carbocycles. The molecule has 8 saturated carbocycles. The Hall–Kier alpha value is -9.94. The van der Waals surface area contributed by atoms with Crippen molar-refractivity contribution in [3.05, 3.63) is 272 Å². The Labute approximate surface area is 601 Å². The summed E-state index contributed by atoms with van der Waals surface area (Å²) in [5.74, 6) is 9.77. The average molecular weight is 1340 g/mol. The summed E-state index contributed by atoms with van der Waals surface area (Å²) in [7, 11) is -0.533. The zero-order chi connectivity index (χ0) is 69.0. The lowest BCUT2D eigenvalue weighted by Gasteiger charge is -2.57. The average Bonchev–Trinajstić information content (AvgIpc) is 0.920. The van der Waals surface area contributed by atoms with Crippen LogP contribution >= 0.6 is 0 Å². The third-order valence-corrected chi connectivity index (χ3v) is 23.9. The molecule has 8 bridgehead atoms. The Bertz CT molecular complexity index is 4740. The molecule has 9 aliphatic rings. The highest BCUT2D eigenvalue weighted by Crippen LogP contribution is 2.62. The summed E-state index contributed by atoms with van der Waals surface area (Å²) in [6, 6.07) is 80.3. The van der Waals surface area contributed by atoms with Crippen molar-refractivity contribution < 1.29 is 9.31 Å². The fourth-order valence-corrected chi connectivity index (χ4v) is 18.9. The number of rotatable bonds is 12. The Balaban J connectivity index is 0.000000124. The van der Waals surface area contributed by atoms with Crippen LogP contribution in [0, 0.1) is 42.4 Å². The molecule has 0 unspecified atom stereocenters. The van der Waals surface area contributed by atoms with E-state index >= 15 is 0 Å². The summed E-state index contributed by atoms with van der Waals surface area (Å²) in [4.78, 5) is 38.5. The number of hydrogen-bond acceptors (Lipinski definition) is 10. The van der Waals surface area contributed by atoms with Crippen molar-refractivity contribution in [1.29, 1.82) is 0 Å². The van der Waals surface area contributed by atoms with Crippen molar-refractivity contribution in [1.82, 2.24) is 39.9 Å². The first-order valence-electron chi connectivity index (χ1n) is 37.1. The fraction of sp³-hybridized carbons (Fsp3) is 0.297. The number of hydrogen-bond donors (Lipinski definition) is 0. The maximum atomic E-state index is 6.43. The van der Waals surface area contributed by atoms with Crippen molar-refractivity contribution in [2.75, 3.05) is 0 Å². The molecular formula is C91H87BN8O2. The topological polar surface area (TPSA) is 122 Å². The van der Waals surface area contributed by atoms with Crippen molar-refractivity contribution in [2.24, 2.45) is 35.5 Å². The molecule has 1 saturated heterocycles. The Kier molecular flexibility index (Phi) is 17.4. The molecule has 0 spiro atoms. The lowest BCUT2D eigenvalue weighted by atomic mass is 9.48. The van der Waals surface area contributed by atoms with Gasteiger partial charge < -0.3 is 9.31 Å². The van der Waals surface area contributed by atoms with E-state index in [9.17, 15) is 0 Å². The minimum Gasteiger partial charge on any atom is -0.399 e. The maximum absolute atomic E-state index is 6.43. The molecule has 0 N–H and O–H groups in total. The van der Waals surface area contributed by atoms with E-state index in [1.165, 1.54) is 68.9 Å². The van der Waals surface area contributed by atoms with Gasteiger partial charge in [-0.2, -0.15) is 0 Å². The second-order valence-corrected chi connectivity index (χ2v) is 31.6. The molecule has 0 amide bonds. The zero-order valence-electron chi connectivity index (χ0n) is 59.2. The van der Waals surface area contributed by atoms with Gasteiger partial charge in [0.05, 0.1) is 11.2 Å². The van der Waals surface area contributed by atoms with Crippen molar-refractivity contribution in [2.45, 2.75) is 134 Å². The van der Waals surface area contributed by atoms with Crippen LogP contribution in [0.3, 0.4) is 0 Å². The molecular weight excluding hydrogens is 1250 g/mol. The van der Waals surface area contributed by atoms with E-state index in [4.69, 9.17) is 39.2 Å². The van der Waals surface area contributed by atoms with Crippen LogP contribution in [0.25, 0.3) is 102 Å². The highest BCUT2D eigenvalue weighted by atomic mass is 16.7. The molecule has 102 heavy (non-hydrogen) atoms. The first-order chi connectivity index (χ1) is 49.7. The Morgan fingerprint density at radius 2 is 0.578 bits per heavy atom. The summed E-state index contributed by atoms with van der Waals surface area (Å²) in [6.45, 7) is 10.4. The normalized spacial score (nSPS) is 23.6. The minimum absolute atomic E-state index is 0.391. The van der Waals surface area contributed by atoms with E-state index < -0.39 is 18.3 Å². The largest absolute Gasteiger partial charge is 0.494 e. The van der Waals surface area contributed by atoms with Crippen LogP contribution in [0.1, 0.15) is 121 Å². The SMILES string of the molecule is CC1(C)OB(c2cc(-c3cccnc3)cc(-c3nc(-c4ccccc4)nc(-c4ccccc4)n3)c2)OC1(C)C.Cc1ccc(C23CC4CC(CC(C4)C2)C3)cc1.c1ccc(-c2nc(-c3ccccc3)nc(-c3cc(-c4ccc(C56CC7CC(CC(C7)C5)C6)cc4)cc(-c4cccnc4)c3)n2)cc1. The number of nitrogens with zero attached hydrogens (tertiary/aromatic N) is 8. The lowest BCUT2D eigenvalue weighted by Crippen LogP contribution is -2.48. The van der Waals surface area contributed by atoms with Gasteiger partial charge in [0.25, 0.3) is 0 Å². The predicted molar refractivity (Wildman–Crippen MR) is 411 cm³/mol. The number of benzene rings is 8. The standard InChI is InChI=1S/C42H36N4.C32H29BN4O2.C17H22/c1-3-8-32(9-4-1)39-44-40(33-10-5-2-6-11-33)46-41(45-39)37-22-35(21-36(23-37)34-12-7-17-43-27-34)31-13-15-38(16-14-31)42-24-28-18-29(25-42)20-30(19-28)26-42;1-31(2)32(3,4)39-33(38-31)27-19-25(24-16-11-17-34-21-24)18-26(20-27)30-36-28(22-12-7-5-8-13-22)35-29(37-30)23-14-9-6-10-15-23;1-12-2-4-16(5-3-12)17-9-13-6-14(10-17)8-15(7-13)11-17/h1-17,21-23,27-30H,18-20,24-26H2;5-21H,1-4H3;2-5,13-15H,6-11H2,1H3. The second-order valence-electron chi connectivity index (χ2n) is 31.6. The Morgan fingerprint density at radius 1 is 0.294 bits per heavy atom. The number of pyridine rings is 2. The van der Waals surface area contributed by atoms with Crippen LogP contribution in [-0.2, 0) is 20.1 Å². The summed E-state index contributed by atoms with van der Waals surface area (Å²) in [5, 5.41) is 0. The van der Waals surface area contributed by atoms with Gasteiger partial charge in [0, 0.05) is 63.7 Å². The smallest absolute Gasteiger partial charge is 0.399 e. The number of aromatic nitrogens is 8. The number of aryl methyl sites for hydroxylation is 1. The molecule has 506 valence electrons. The molecule has 8 aliphatic carbocycles. The predicted octanol–water partition coefficient (Wildman–Crippen LogP) is 20.8. The summed E-state index contributed by atoms with van der Waals surface area (Å²) >= 11 is 0. The lowest BCUT2D eigenvalue weighted by molar-refractivity contribution is -0.00530. The van der Waals surface area contributed by atoms with Gasteiger partial charge in [-0.1, -0.05) is 200 Å². The van der Waals surface area contributed by atoms with Crippen LogP contribution in [0.4, 0.5) is 0 Å². The van der Waals surface area contributed by atoms with Crippen LogP contribution in [0.15, 0.2) is 255 Å². The zero-order valence-corrected chi connectivity index (χ0v) is 59.2. The van der Waals surface area contributed by atoms with Crippen molar-refractivity contribution in [3.63, 3.8) is 0 Å². The van der Waals surface area contributed by atoms with Gasteiger partial charge >= 0.3 is 7.12 Å². The molecule has 9 fully saturated rings. The van der Waals surface area contributed by atoms with E-state index in [1.807, 2.05) is 134 Å². The minimum atomic E-state index is -0.533. The maximum Gasteiger partial charge on any atom is 0.494 e. The fourth-order valence-electron chi connectivity index (χ4n) is 18.9. The van der Waals surface area contributed by atoms with Gasteiger partial charge in [0.2, 0.25) is 0 Å². The molecule has 1 aliphatic heterocycles. The van der Waals surface area contributed by atoms with Gasteiger partial charge in [0.15, 0.2) is 34.9 Å². The third-order valence-electron chi connectivity index (χ3n) is 23.9. The molecule has 11 heteroatoms. The van der Waals surface area contributed by atoms with Crippen LogP contribution in [-0.4, -0.2) is 58.2 Å². The van der Waals surface area contributed by atoms with E-state index in [-0.39, 0.29) is 0 Å². The third kappa shape index (κ3) is 13.4. The van der Waals surface area contributed by atoms with Crippen molar-refractivity contribution >= 4 is 12.6 Å². The van der Waals surface area contributed by atoms with E-state index in [0.717, 1.165) is 102 Å². The molecule has 21 rings (SSSR count). The Morgan fingerprint density at radius 3 is 0.922 bits per heavy atom. The highest BCUT2D eigenvalue weighted by molar-refractivity contribution is 6.62. The van der Waals surface area contributed by atoms with Gasteiger partial charge in [-0.25, -0.2) is 29.9 Å². The van der Waals surface area contributed by atoms with Gasteiger partial charge in [0.1, 0.15) is 0 Å². The first kappa shape index (κ1) is 65.4. The molecule has 4 aromatic heterocycles. The van der Waals surface area contributed by atoms with Crippen LogP contribution in [0.2, 0.25) is 0 Å². The van der Waals surface area contributed by atoms with Gasteiger partial charge in [-0.3, -0.25) is 9.97 Å². The first-order valence-corrected chi connectivity index (χ1v) is 37.1.